The molecule has 1 aliphatic carbocycles. The molecule has 0 atom stereocenters. The van der Waals surface area contributed by atoms with Gasteiger partial charge in [-0.2, -0.15) is 14.6 Å². The highest BCUT2D eigenvalue weighted by Gasteiger charge is 2.20. The number of aromatic nitrogens is 5. The summed E-state index contributed by atoms with van der Waals surface area (Å²) in [4.78, 5) is 4.59. The number of H-pyrrole nitrogens is 1. The van der Waals surface area contributed by atoms with Crippen molar-refractivity contribution in [1.29, 1.82) is 0 Å². The molecular formula is C20H23N7O. The van der Waals surface area contributed by atoms with Gasteiger partial charge in [0.25, 0.3) is 0 Å². The highest BCUT2D eigenvalue weighted by atomic mass is 16.3. The van der Waals surface area contributed by atoms with E-state index in [0.717, 1.165) is 59.4 Å². The number of benzene rings is 1. The highest BCUT2D eigenvalue weighted by molar-refractivity contribution is 5.85. The summed E-state index contributed by atoms with van der Waals surface area (Å²) in [7, 11) is 0. The Hall–Kier alpha value is -3.13. The number of fused-ring (bicyclic) bond motifs is 2. The maximum Gasteiger partial charge on any atom is 0.247 e. The smallest absolute Gasteiger partial charge is 0.247 e. The second kappa shape index (κ2) is 6.79. The maximum absolute atomic E-state index is 9.71. The molecule has 0 bridgehead atoms. The van der Waals surface area contributed by atoms with Crippen molar-refractivity contribution in [3.8, 4) is 0 Å². The molecule has 0 aliphatic heterocycles. The van der Waals surface area contributed by atoms with Crippen LogP contribution in [0.4, 0.5) is 17.5 Å². The third-order valence-electron chi connectivity index (χ3n) is 5.41. The number of hydrogen-bond donors (Lipinski definition) is 4. The van der Waals surface area contributed by atoms with Gasteiger partial charge >= 0.3 is 0 Å². The number of aliphatic hydroxyl groups is 1. The molecular weight excluding hydrogens is 354 g/mol. The van der Waals surface area contributed by atoms with Gasteiger partial charge in [-0.1, -0.05) is 6.07 Å². The van der Waals surface area contributed by atoms with Crippen molar-refractivity contribution in [2.45, 2.75) is 44.8 Å². The molecule has 0 saturated heterocycles. The summed E-state index contributed by atoms with van der Waals surface area (Å²) in [5, 5.41) is 29.6. The van der Waals surface area contributed by atoms with Gasteiger partial charge in [0.2, 0.25) is 5.95 Å². The number of aliphatic hydroxyl groups excluding tert-OH is 1. The zero-order valence-corrected chi connectivity index (χ0v) is 15.7. The largest absolute Gasteiger partial charge is 0.393 e. The second-order valence-electron chi connectivity index (χ2n) is 7.47. The summed E-state index contributed by atoms with van der Waals surface area (Å²) in [6.07, 6.45) is 3.44. The van der Waals surface area contributed by atoms with E-state index in [1.165, 1.54) is 0 Å². The monoisotopic (exact) mass is 377 g/mol. The third-order valence-corrected chi connectivity index (χ3v) is 5.41. The van der Waals surface area contributed by atoms with Crippen LogP contribution < -0.4 is 10.6 Å². The molecule has 4 aromatic rings. The van der Waals surface area contributed by atoms with Crippen LogP contribution in [0.25, 0.3) is 16.6 Å². The molecule has 1 aromatic carbocycles. The zero-order chi connectivity index (χ0) is 19.1. The van der Waals surface area contributed by atoms with Crippen LogP contribution in [0.5, 0.6) is 0 Å². The Balaban J connectivity index is 1.39. The van der Waals surface area contributed by atoms with E-state index in [2.05, 4.69) is 30.9 Å². The molecule has 3 heterocycles. The number of hydrogen-bond acceptors (Lipinski definition) is 6. The van der Waals surface area contributed by atoms with Crippen molar-refractivity contribution in [2.75, 3.05) is 10.6 Å². The number of nitrogens with zero attached hydrogens (tertiary/aromatic N) is 4. The predicted molar refractivity (Wildman–Crippen MR) is 109 cm³/mol. The van der Waals surface area contributed by atoms with Gasteiger partial charge < -0.3 is 15.7 Å². The minimum absolute atomic E-state index is 0.161. The second-order valence-corrected chi connectivity index (χ2v) is 7.47. The molecule has 8 heteroatoms. The van der Waals surface area contributed by atoms with Crippen molar-refractivity contribution in [1.82, 2.24) is 24.8 Å². The molecule has 8 nitrogen and oxygen atoms in total. The van der Waals surface area contributed by atoms with E-state index in [9.17, 15) is 5.11 Å². The van der Waals surface area contributed by atoms with E-state index in [4.69, 9.17) is 0 Å². The lowest BCUT2D eigenvalue weighted by molar-refractivity contribution is 0.126. The van der Waals surface area contributed by atoms with E-state index in [0.29, 0.717) is 12.0 Å². The van der Waals surface area contributed by atoms with Gasteiger partial charge in [0.1, 0.15) is 5.82 Å². The summed E-state index contributed by atoms with van der Waals surface area (Å²) in [6.45, 7) is 2.01. The van der Waals surface area contributed by atoms with Crippen LogP contribution in [0.2, 0.25) is 0 Å². The van der Waals surface area contributed by atoms with Crippen LogP contribution >= 0.6 is 0 Å². The van der Waals surface area contributed by atoms with Crippen LogP contribution in [0, 0.1) is 6.92 Å². The summed E-state index contributed by atoms with van der Waals surface area (Å²) in [5.74, 6) is 1.46. The summed E-state index contributed by atoms with van der Waals surface area (Å²) in [5.41, 5.74) is 3.64. The van der Waals surface area contributed by atoms with E-state index < -0.39 is 0 Å². The summed E-state index contributed by atoms with van der Waals surface area (Å²) >= 11 is 0. The first-order valence-electron chi connectivity index (χ1n) is 9.68. The molecule has 1 fully saturated rings. The Morgan fingerprint density at radius 1 is 1.14 bits per heavy atom. The molecule has 1 saturated carbocycles. The third kappa shape index (κ3) is 3.16. The fourth-order valence-electron chi connectivity index (χ4n) is 3.85. The van der Waals surface area contributed by atoms with Crippen molar-refractivity contribution in [2.24, 2.45) is 0 Å². The Labute approximate surface area is 162 Å². The standard InChI is InChI=1S/C20H23N7O/c1-12-16-10-7-14(11-17(16)25-24-12)22-20-23-19-4-2-3-18(27(19)26-20)21-13-5-8-15(28)9-6-13/h2-4,7,10-11,13,15,21,28H,5-6,8-9H2,1H3,(H,22,26)(H,24,25). The number of pyridine rings is 1. The predicted octanol–water partition coefficient (Wildman–Crippen LogP) is 3.37. The van der Waals surface area contributed by atoms with E-state index >= 15 is 0 Å². The zero-order valence-electron chi connectivity index (χ0n) is 15.7. The lowest BCUT2D eigenvalue weighted by Gasteiger charge is -2.26. The quantitative estimate of drug-likeness (QED) is 0.435. The van der Waals surface area contributed by atoms with Gasteiger partial charge in [-0.25, -0.2) is 0 Å². The Morgan fingerprint density at radius 2 is 2.00 bits per heavy atom. The number of nitrogens with one attached hydrogen (secondary N) is 3. The Kier molecular flexibility index (Phi) is 4.12. The lowest BCUT2D eigenvalue weighted by Crippen LogP contribution is -2.29. The topological polar surface area (TPSA) is 103 Å². The van der Waals surface area contributed by atoms with E-state index in [1.54, 1.807) is 0 Å². The van der Waals surface area contributed by atoms with Gasteiger partial charge in [0.15, 0.2) is 5.65 Å². The molecule has 144 valence electrons. The van der Waals surface area contributed by atoms with Gasteiger partial charge in [0, 0.05) is 22.8 Å². The minimum Gasteiger partial charge on any atom is -0.393 e. The molecule has 4 N–H and O–H groups in total. The van der Waals surface area contributed by atoms with Crippen LogP contribution in [0.1, 0.15) is 31.4 Å². The number of rotatable bonds is 4. The molecule has 0 unspecified atom stereocenters. The average molecular weight is 377 g/mol. The Morgan fingerprint density at radius 3 is 2.86 bits per heavy atom. The van der Waals surface area contributed by atoms with Crippen molar-refractivity contribution in [3.05, 3.63) is 42.1 Å². The minimum atomic E-state index is -0.161. The van der Waals surface area contributed by atoms with Crippen molar-refractivity contribution >= 4 is 34.0 Å². The first-order valence-corrected chi connectivity index (χ1v) is 9.68. The first-order chi connectivity index (χ1) is 13.7. The van der Waals surface area contributed by atoms with Gasteiger partial charge in [-0.15, -0.1) is 5.10 Å². The average Bonchev–Trinajstić information content (AvgIpc) is 3.27. The SMILES string of the molecule is Cc1[nH]nc2cc(Nc3nc4cccc(NC5CCC(O)CC5)n4n3)ccc12. The van der Waals surface area contributed by atoms with Crippen LogP contribution in [0.3, 0.4) is 0 Å². The van der Waals surface area contributed by atoms with Gasteiger partial charge in [-0.05, 0) is 62.9 Å². The number of aryl methyl sites for hydroxylation is 1. The Bertz CT molecular complexity index is 1120. The summed E-state index contributed by atoms with van der Waals surface area (Å²) in [6, 6.07) is 12.3. The van der Waals surface area contributed by atoms with Crippen molar-refractivity contribution < 1.29 is 5.11 Å². The fraction of sp³-hybridized carbons (Fsp3) is 0.350. The fourth-order valence-corrected chi connectivity index (χ4v) is 3.85. The molecule has 28 heavy (non-hydrogen) atoms. The first kappa shape index (κ1) is 17.0. The van der Waals surface area contributed by atoms with Gasteiger partial charge in [-0.3, -0.25) is 5.10 Å². The number of aromatic amines is 1. The van der Waals surface area contributed by atoms with Crippen LogP contribution in [0.15, 0.2) is 36.4 Å². The molecule has 5 rings (SSSR count). The van der Waals surface area contributed by atoms with E-state index in [1.807, 2.05) is 47.8 Å². The van der Waals surface area contributed by atoms with Crippen LogP contribution in [-0.2, 0) is 0 Å². The molecule has 0 radical (unpaired) electrons. The van der Waals surface area contributed by atoms with Gasteiger partial charge in [0.05, 0.1) is 11.6 Å². The summed E-state index contributed by atoms with van der Waals surface area (Å²) < 4.78 is 1.82. The van der Waals surface area contributed by atoms with Crippen LogP contribution in [-0.4, -0.2) is 42.0 Å². The number of anilines is 3. The molecule has 1 aliphatic rings. The molecule has 0 amide bonds. The van der Waals surface area contributed by atoms with Crippen molar-refractivity contribution in [3.63, 3.8) is 0 Å². The lowest BCUT2D eigenvalue weighted by atomic mass is 9.93. The highest BCUT2D eigenvalue weighted by Crippen LogP contribution is 2.24. The maximum atomic E-state index is 9.71. The molecule has 3 aromatic heterocycles. The molecule has 0 spiro atoms. The van der Waals surface area contributed by atoms with E-state index in [-0.39, 0.29) is 6.10 Å². The normalized spacial score (nSPS) is 19.9.